The highest BCUT2D eigenvalue weighted by Gasteiger charge is 2.22. The number of hydrogen-bond donors (Lipinski definition) is 0. The number of carbonyl (C=O) groups is 2. The van der Waals surface area contributed by atoms with Crippen molar-refractivity contribution in [1.29, 1.82) is 0 Å². The number of fused-ring (bicyclic) bond motifs is 1. The molecule has 3 aromatic rings. The highest BCUT2D eigenvalue weighted by molar-refractivity contribution is 5.90. The maximum atomic E-state index is 13.9. The zero-order chi connectivity index (χ0) is 20.4. The van der Waals surface area contributed by atoms with Crippen LogP contribution >= 0.6 is 0 Å². The summed E-state index contributed by atoms with van der Waals surface area (Å²) in [4.78, 5) is 35.6. The summed E-state index contributed by atoms with van der Waals surface area (Å²) in [6.45, 7) is 3.76. The second-order valence-corrected chi connectivity index (χ2v) is 5.81. The Balaban J connectivity index is 2.21. The third kappa shape index (κ3) is 3.71. The molecule has 0 aliphatic heterocycles. The molecule has 0 radical (unpaired) electrons. The lowest BCUT2D eigenvalue weighted by atomic mass is 10.2. The molecule has 0 bridgehead atoms. The van der Waals surface area contributed by atoms with Crippen molar-refractivity contribution in [3.05, 3.63) is 58.2 Å². The molecule has 0 fully saturated rings. The minimum atomic E-state index is -0.701. The fourth-order valence-electron chi connectivity index (χ4n) is 2.54. The van der Waals surface area contributed by atoms with E-state index in [0.29, 0.717) is 0 Å². The normalized spacial score (nSPS) is 10.6. The van der Waals surface area contributed by atoms with Gasteiger partial charge in [0.15, 0.2) is 22.9 Å². The Morgan fingerprint density at radius 1 is 0.929 bits per heavy atom. The molecule has 7 nitrogen and oxygen atoms in total. The molecule has 0 unspecified atom stereocenters. The highest BCUT2D eigenvalue weighted by atomic mass is 19.1. The van der Waals surface area contributed by atoms with Gasteiger partial charge >= 0.3 is 11.9 Å². The van der Waals surface area contributed by atoms with E-state index >= 15 is 0 Å². The van der Waals surface area contributed by atoms with Crippen molar-refractivity contribution in [2.45, 2.75) is 20.8 Å². The van der Waals surface area contributed by atoms with Gasteiger partial charge in [-0.05, 0) is 31.2 Å². The second-order valence-electron chi connectivity index (χ2n) is 5.81. The summed E-state index contributed by atoms with van der Waals surface area (Å²) in [6, 6.07) is 8.23. The summed E-state index contributed by atoms with van der Waals surface area (Å²) in [5, 5.41) is 0.00379. The first-order valence-electron chi connectivity index (χ1n) is 8.17. The fourth-order valence-corrected chi connectivity index (χ4v) is 2.54. The molecule has 0 atom stereocenters. The van der Waals surface area contributed by atoms with Crippen LogP contribution < -0.4 is 19.6 Å². The van der Waals surface area contributed by atoms with Crippen LogP contribution in [0.5, 0.6) is 23.0 Å². The van der Waals surface area contributed by atoms with Crippen molar-refractivity contribution in [2.24, 2.45) is 0 Å². The molecule has 0 amide bonds. The summed E-state index contributed by atoms with van der Waals surface area (Å²) in [5.74, 6) is -2.63. The number of hydrogen-bond acceptors (Lipinski definition) is 7. The van der Waals surface area contributed by atoms with Crippen LogP contribution in [0.2, 0.25) is 0 Å². The summed E-state index contributed by atoms with van der Waals surface area (Å²) >= 11 is 0. The standard InChI is InChI=1S/C20H15FO7/c1-10-18(28-15-7-5-4-6-14(15)21)17(24)13-8-9-16(26-11(2)22)20(19(13)25-10)27-12(3)23/h4-9H,1-3H3. The number of para-hydroxylation sites is 1. The average molecular weight is 386 g/mol. The molecule has 8 heteroatoms. The molecule has 0 aliphatic carbocycles. The lowest BCUT2D eigenvalue weighted by Gasteiger charge is -2.13. The van der Waals surface area contributed by atoms with E-state index in [-0.39, 0.29) is 39.7 Å². The largest absolute Gasteiger partial charge is 0.453 e. The number of esters is 2. The van der Waals surface area contributed by atoms with E-state index in [1.165, 1.54) is 44.2 Å². The SMILES string of the molecule is CC(=O)Oc1ccc2c(=O)c(Oc3ccccc3F)c(C)oc2c1OC(C)=O. The third-order valence-electron chi connectivity index (χ3n) is 3.65. The van der Waals surface area contributed by atoms with Crippen LogP contribution in [0.3, 0.4) is 0 Å². The van der Waals surface area contributed by atoms with Gasteiger partial charge in [0.25, 0.3) is 0 Å². The minimum Gasteiger partial charge on any atom is -0.453 e. The predicted molar refractivity (Wildman–Crippen MR) is 96.3 cm³/mol. The van der Waals surface area contributed by atoms with E-state index in [2.05, 4.69) is 0 Å². The molecule has 0 saturated heterocycles. The van der Waals surface area contributed by atoms with Crippen LogP contribution in [-0.4, -0.2) is 11.9 Å². The van der Waals surface area contributed by atoms with E-state index in [4.69, 9.17) is 18.6 Å². The van der Waals surface area contributed by atoms with Crippen molar-refractivity contribution in [3.63, 3.8) is 0 Å². The monoisotopic (exact) mass is 386 g/mol. The van der Waals surface area contributed by atoms with E-state index in [0.717, 1.165) is 6.92 Å². The maximum absolute atomic E-state index is 13.9. The van der Waals surface area contributed by atoms with Crippen LogP contribution in [0, 0.1) is 12.7 Å². The molecule has 2 aromatic carbocycles. The zero-order valence-corrected chi connectivity index (χ0v) is 15.2. The Bertz CT molecular complexity index is 1150. The Kier molecular flexibility index (Phi) is 5.12. The van der Waals surface area contributed by atoms with Crippen LogP contribution in [-0.2, 0) is 9.59 Å². The van der Waals surface area contributed by atoms with Crippen LogP contribution in [0.25, 0.3) is 11.0 Å². The van der Waals surface area contributed by atoms with Gasteiger partial charge < -0.3 is 18.6 Å². The number of rotatable bonds is 4. The van der Waals surface area contributed by atoms with Gasteiger partial charge in [-0.3, -0.25) is 14.4 Å². The van der Waals surface area contributed by atoms with Crippen LogP contribution in [0.1, 0.15) is 19.6 Å². The van der Waals surface area contributed by atoms with Crippen LogP contribution in [0.15, 0.2) is 45.6 Å². The van der Waals surface area contributed by atoms with Gasteiger partial charge in [0.05, 0.1) is 5.39 Å². The van der Waals surface area contributed by atoms with E-state index < -0.39 is 23.2 Å². The topological polar surface area (TPSA) is 92.0 Å². The molecular weight excluding hydrogens is 371 g/mol. The molecule has 28 heavy (non-hydrogen) atoms. The van der Waals surface area contributed by atoms with Gasteiger partial charge in [0.2, 0.25) is 16.9 Å². The first-order valence-corrected chi connectivity index (χ1v) is 8.17. The van der Waals surface area contributed by atoms with E-state index in [9.17, 15) is 18.8 Å². The summed E-state index contributed by atoms with van der Waals surface area (Å²) in [7, 11) is 0. The maximum Gasteiger partial charge on any atom is 0.308 e. The highest BCUT2D eigenvalue weighted by Crippen LogP contribution is 2.37. The Hall–Kier alpha value is -3.68. The minimum absolute atomic E-state index is 0.00379. The lowest BCUT2D eigenvalue weighted by Crippen LogP contribution is -2.11. The van der Waals surface area contributed by atoms with Gasteiger partial charge in [0, 0.05) is 13.8 Å². The Morgan fingerprint density at radius 3 is 2.25 bits per heavy atom. The molecular formula is C20H15FO7. The second kappa shape index (κ2) is 7.51. The van der Waals surface area contributed by atoms with Gasteiger partial charge in [0.1, 0.15) is 5.76 Å². The Labute approximate surface area is 158 Å². The summed E-state index contributed by atoms with van der Waals surface area (Å²) in [5.41, 5.74) is -0.706. The third-order valence-corrected chi connectivity index (χ3v) is 3.65. The quantitative estimate of drug-likeness (QED) is 0.496. The molecule has 0 aliphatic rings. The van der Waals surface area contributed by atoms with Gasteiger partial charge in [-0.15, -0.1) is 0 Å². The average Bonchev–Trinajstić information content (AvgIpc) is 2.61. The van der Waals surface area contributed by atoms with Crippen molar-refractivity contribution in [3.8, 4) is 23.0 Å². The molecule has 1 heterocycles. The van der Waals surface area contributed by atoms with Crippen molar-refractivity contribution < 1.29 is 32.6 Å². The summed E-state index contributed by atoms with van der Waals surface area (Å²) < 4.78 is 35.0. The molecule has 1 aromatic heterocycles. The number of aryl methyl sites for hydroxylation is 1. The number of halogens is 1. The number of ether oxygens (including phenoxy) is 3. The number of benzene rings is 2. The van der Waals surface area contributed by atoms with Gasteiger partial charge in [-0.25, -0.2) is 4.39 Å². The van der Waals surface area contributed by atoms with Crippen molar-refractivity contribution in [2.75, 3.05) is 0 Å². The number of carbonyl (C=O) groups excluding carboxylic acids is 2. The van der Waals surface area contributed by atoms with Crippen molar-refractivity contribution in [1.82, 2.24) is 0 Å². The van der Waals surface area contributed by atoms with Crippen LogP contribution in [0.4, 0.5) is 4.39 Å². The molecule has 0 spiro atoms. The molecule has 144 valence electrons. The smallest absolute Gasteiger partial charge is 0.308 e. The first kappa shape index (κ1) is 19.1. The predicted octanol–water partition coefficient (Wildman–Crippen LogP) is 3.88. The summed E-state index contributed by atoms with van der Waals surface area (Å²) in [6.07, 6.45) is 0. The van der Waals surface area contributed by atoms with Crippen molar-refractivity contribution >= 4 is 22.9 Å². The Morgan fingerprint density at radius 2 is 1.61 bits per heavy atom. The molecule has 0 saturated carbocycles. The van der Waals surface area contributed by atoms with Gasteiger partial charge in [-0.2, -0.15) is 0 Å². The molecule has 3 rings (SSSR count). The zero-order valence-electron chi connectivity index (χ0n) is 15.2. The van der Waals surface area contributed by atoms with Gasteiger partial charge in [-0.1, -0.05) is 12.1 Å². The first-order chi connectivity index (χ1) is 13.3. The molecule has 0 N–H and O–H groups in total. The lowest BCUT2D eigenvalue weighted by molar-refractivity contribution is -0.134. The fraction of sp³-hybridized carbons (Fsp3) is 0.150. The van der Waals surface area contributed by atoms with E-state index in [1.54, 1.807) is 6.07 Å². The van der Waals surface area contributed by atoms with E-state index in [1.807, 2.05) is 0 Å².